The van der Waals surface area contributed by atoms with Crippen LogP contribution in [0.2, 0.25) is 0 Å². The van der Waals surface area contributed by atoms with Crippen molar-refractivity contribution in [3.8, 4) is 0 Å². The molecule has 0 radical (unpaired) electrons. The van der Waals surface area contributed by atoms with Gasteiger partial charge in [0, 0.05) is 27.9 Å². The van der Waals surface area contributed by atoms with Crippen molar-refractivity contribution in [2.24, 2.45) is 0 Å². The van der Waals surface area contributed by atoms with Gasteiger partial charge in [0.1, 0.15) is 5.82 Å². The number of aryl methyl sites for hydroxylation is 1. The molecule has 0 saturated heterocycles. The van der Waals surface area contributed by atoms with Gasteiger partial charge in [-0.3, -0.25) is 0 Å². The maximum Gasteiger partial charge on any atom is 0.130 e. The van der Waals surface area contributed by atoms with Crippen molar-refractivity contribution in [2.75, 3.05) is 6.54 Å². The number of rotatable bonds is 7. The topological polar surface area (TPSA) is 29.9 Å². The van der Waals surface area contributed by atoms with E-state index in [1.165, 1.54) is 5.56 Å². The van der Waals surface area contributed by atoms with Gasteiger partial charge in [0.2, 0.25) is 0 Å². The zero-order valence-corrected chi connectivity index (χ0v) is 15.6. The predicted molar refractivity (Wildman–Crippen MR) is 94.5 cm³/mol. The fraction of sp³-hybridized carbons (Fsp3) is 0.438. The van der Waals surface area contributed by atoms with E-state index in [2.05, 4.69) is 85.0 Å². The van der Waals surface area contributed by atoms with Crippen LogP contribution in [-0.4, -0.2) is 16.1 Å². The van der Waals surface area contributed by atoms with E-state index >= 15 is 0 Å². The Hall–Kier alpha value is -0.650. The predicted octanol–water partition coefficient (Wildman–Crippen LogP) is 4.91. The molecule has 1 aromatic carbocycles. The Bertz CT molecular complexity index is 560. The summed E-state index contributed by atoms with van der Waals surface area (Å²) in [5.41, 5.74) is 1.22. The van der Waals surface area contributed by atoms with E-state index in [0.717, 1.165) is 40.7 Å². The van der Waals surface area contributed by atoms with Gasteiger partial charge in [0.05, 0.1) is 6.04 Å². The molecule has 21 heavy (non-hydrogen) atoms. The minimum Gasteiger partial charge on any atom is -0.333 e. The standard InChI is InChI=1S/C16H21Br2N3/c1-3-5-19-15(12-9-13(17)11-14(18)10-12)16-20-6-8-21(16)7-4-2/h6,8-11,15,19H,3-5,7H2,1-2H3. The molecule has 1 heterocycles. The molecule has 0 saturated carbocycles. The Kier molecular flexibility index (Phi) is 6.45. The molecule has 0 aliphatic carbocycles. The molecule has 2 aromatic rings. The second-order valence-electron chi connectivity index (χ2n) is 5.07. The van der Waals surface area contributed by atoms with Crippen LogP contribution >= 0.6 is 31.9 Å². The van der Waals surface area contributed by atoms with Crippen LogP contribution in [0.3, 0.4) is 0 Å². The highest BCUT2D eigenvalue weighted by Crippen LogP contribution is 2.27. The third-order valence-electron chi connectivity index (χ3n) is 3.29. The third-order valence-corrected chi connectivity index (χ3v) is 4.20. The molecule has 1 unspecified atom stereocenters. The second-order valence-corrected chi connectivity index (χ2v) is 6.90. The summed E-state index contributed by atoms with van der Waals surface area (Å²) in [6.07, 6.45) is 6.15. The lowest BCUT2D eigenvalue weighted by atomic mass is 10.1. The van der Waals surface area contributed by atoms with Crippen LogP contribution in [-0.2, 0) is 6.54 Å². The highest BCUT2D eigenvalue weighted by molar-refractivity contribution is 9.11. The maximum atomic E-state index is 4.59. The molecule has 0 amide bonds. The minimum atomic E-state index is 0.111. The monoisotopic (exact) mass is 413 g/mol. The fourth-order valence-electron chi connectivity index (χ4n) is 2.40. The first kappa shape index (κ1) is 16.7. The number of hydrogen-bond donors (Lipinski definition) is 1. The Balaban J connectivity index is 2.39. The van der Waals surface area contributed by atoms with Crippen molar-refractivity contribution >= 4 is 31.9 Å². The summed E-state index contributed by atoms with van der Waals surface area (Å²) in [7, 11) is 0. The van der Waals surface area contributed by atoms with Gasteiger partial charge >= 0.3 is 0 Å². The van der Waals surface area contributed by atoms with Crippen molar-refractivity contribution in [3.05, 3.63) is 50.9 Å². The summed E-state index contributed by atoms with van der Waals surface area (Å²) in [4.78, 5) is 4.59. The highest BCUT2D eigenvalue weighted by atomic mass is 79.9. The Morgan fingerprint density at radius 3 is 2.48 bits per heavy atom. The molecule has 0 aliphatic heterocycles. The molecule has 0 fully saturated rings. The lowest BCUT2D eigenvalue weighted by Crippen LogP contribution is -2.26. The van der Waals surface area contributed by atoms with Gasteiger partial charge in [0.25, 0.3) is 0 Å². The fourth-order valence-corrected chi connectivity index (χ4v) is 3.73. The van der Waals surface area contributed by atoms with E-state index in [4.69, 9.17) is 0 Å². The van der Waals surface area contributed by atoms with E-state index in [1.54, 1.807) is 0 Å². The third kappa shape index (κ3) is 4.41. The maximum absolute atomic E-state index is 4.59. The molecule has 1 N–H and O–H groups in total. The van der Waals surface area contributed by atoms with Crippen molar-refractivity contribution in [3.63, 3.8) is 0 Å². The lowest BCUT2D eigenvalue weighted by Gasteiger charge is -2.20. The van der Waals surface area contributed by atoms with Crippen molar-refractivity contribution in [1.82, 2.24) is 14.9 Å². The molecule has 114 valence electrons. The summed E-state index contributed by atoms with van der Waals surface area (Å²) >= 11 is 7.15. The molecular weight excluding hydrogens is 394 g/mol. The molecule has 3 nitrogen and oxygen atoms in total. The highest BCUT2D eigenvalue weighted by Gasteiger charge is 2.19. The summed E-state index contributed by atoms with van der Waals surface area (Å²) in [5.74, 6) is 1.08. The zero-order chi connectivity index (χ0) is 15.2. The Labute approximate surface area is 143 Å². The van der Waals surface area contributed by atoms with Crippen LogP contribution in [0.4, 0.5) is 0 Å². The van der Waals surface area contributed by atoms with Crippen LogP contribution in [0.5, 0.6) is 0 Å². The Morgan fingerprint density at radius 2 is 1.86 bits per heavy atom. The van der Waals surface area contributed by atoms with Gasteiger partial charge in [0.15, 0.2) is 0 Å². The van der Waals surface area contributed by atoms with Crippen LogP contribution in [0.25, 0.3) is 0 Å². The van der Waals surface area contributed by atoms with E-state index in [1.807, 2.05) is 6.20 Å². The van der Waals surface area contributed by atoms with Gasteiger partial charge in [-0.1, -0.05) is 45.7 Å². The molecule has 0 bridgehead atoms. The summed E-state index contributed by atoms with van der Waals surface area (Å²) in [6, 6.07) is 6.48. The van der Waals surface area contributed by atoms with Crippen LogP contribution < -0.4 is 5.32 Å². The van der Waals surface area contributed by atoms with Crippen molar-refractivity contribution < 1.29 is 0 Å². The smallest absolute Gasteiger partial charge is 0.130 e. The van der Waals surface area contributed by atoms with E-state index in [9.17, 15) is 0 Å². The van der Waals surface area contributed by atoms with Crippen molar-refractivity contribution in [1.29, 1.82) is 0 Å². The SMILES string of the molecule is CCCNC(c1cc(Br)cc(Br)c1)c1nccn1CCC. The molecule has 0 aliphatic rings. The number of nitrogens with zero attached hydrogens (tertiary/aromatic N) is 2. The quantitative estimate of drug-likeness (QED) is 0.697. The first-order valence-electron chi connectivity index (χ1n) is 7.36. The molecule has 2 rings (SSSR count). The first-order chi connectivity index (χ1) is 10.2. The van der Waals surface area contributed by atoms with Gasteiger partial charge < -0.3 is 9.88 Å². The first-order valence-corrected chi connectivity index (χ1v) is 8.94. The van der Waals surface area contributed by atoms with Gasteiger partial charge in [-0.25, -0.2) is 4.98 Å². The molecule has 5 heteroatoms. The average molecular weight is 415 g/mol. The summed E-state index contributed by atoms with van der Waals surface area (Å²) in [6.45, 7) is 6.33. The molecular formula is C16H21Br2N3. The second kappa shape index (κ2) is 8.11. The lowest BCUT2D eigenvalue weighted by molar-refractivity contribution is 0.530. The van der Waals surface area contributed by atoms with Crippen LogP contribution in [0.1, 0.15) is 44.1 Å². The largest absolute Gasteiger partial charge is 0.333 e. The van der Waals surface area contributed by atoms with E-state index in [-0.39, 0.29) is 6.04 Å². The molecule has 0 spiro atoms. The summed E-state index contributed by atoms with van der Waals surface area (Å²) in [5, 5.41) is 3.62. The number of halogens is 2. The number of hydrogen-bond acceptors (Lipinski definition) is 2. The number of imidazole rings is 1. The van der Waals surface area contributed by atoms with Gasteiger partial charge in [-0.15, -0.1) is 0 Å². The number of nitrogens with one attached hydrogen (secondary N) is 1. The van der Waals surface area contributed by atoms with Gasteiger partial charge in [-0.05, 0) is 43.1 Å². The minimum absolute atomic E-state index is 0.111. The zero-order valence-electron chi connectivity index (χ0n) is 12.4. The van der Waals surface area contributed by atoms with E-state index in [0.29, 0.717) is 0 Å². The normalized spacial score (nSPS) is 12.6. The molecule has 1 aromatic heterocycles. The van der Waals surface area contributed by atoms with Crippen LogP contribution in [0.15, 0.2) is 39.5 Å². The Morgan fingerprint density at radius 1 is 1.14 bits per heavy atom. The van der Waals surface area contributed by atoms with Crippen LogP contribution in [0, 0.1) is 0 Å². The summed E-state index contributed by atoms with van der Waals surface area (Å²) < 4.78 is 4.38. The van der Waals surface area contributed by atoms with Crippen molar-refractivity contribution in [2.45, 2.75) is 39.3 Å². The number of benzene rings is 1. The van der Waals surface area contributed by atoms with Gasteiger partial charge in [-0.2, -0.15) is 0 Å². The van der Waals surface area contributed by atoms with E-state index < -0.39 is 0 Å². The molecule has 1 atom stereocenters. The number of aromatic nitrogens is 2. The average Bonchev–Trinajstić information content (AvgIpc) is 2.87.